The number of aryl methyl sites for hydroxylation is 1. The van der Waals surface area contributed by atoms with Crippen LogP contribution >= 0.6 is 11.3 Å². The smallest absolute Gasteiger partial charge is 0.0928 e. The molecule has 1 fully saturated rings. The monoisotopic (exact) mass is 196 g/mol. The van der Waals surface area contributed by atoms with Gasteiger partial charge in [0.25, 0.3) is 0 Å². The first kappa shape index (κ1) is 9.16. The Bertz CT molecular complexity index is 266. The largest absolute Gasteiger partial charge is 0.309 e. The van der Waals surface area contributed by atoms with Gasteiger partial charge in [-0.3, -0.25) is 0 Å². The molecule has 0 aliphatic heterocycles. The summed E-state index contributed by atoms with van der Waals surface area (Å²) in [5.41, 5.74) is 0. The van der Waals surface area contributed by atoms with Gasteiger partial charge in [-0.2, -0.15) is 0 Å². The summed E-state index contributed by atoms with van der Waals surface area (Å²) in [6.07, 6.45) is 7.07. The van der Waals surface area contributed by atoms with Crippen LogP contribution in [0.2, 0.25) is 0 Å². The van der Waals surface area contributed by atoms with E-state index in [0.29, 0.717) is 0 Å². The summed E-state index contributed by atoms with van der Waals surface area (Å²) in [7, 11) is 0. The van der Waals surface area contributed by atoms with Crippen molar-refractivity contribution >= 4 is 11.3 Å². The summed E-state index contributed by atoms with van der Waals surface area (Å²) < 4.78 is 0. The van der Waals surface area contributed by atoms with E-state index < -0.39 is 0 Å². The number of aromatic nitrogens is 1. The molecule has 1 aromatic rings. The van der Waals surface area contributed by atoms with E-state index in [-0.39, 0.29) is 0 Å². The van der Waals surface area contributed by atoms with Crippen molar-refractivity contribution in [2.45, 2.75) is 45.2 Å². The summed E-state index contributed by atoms with van der Waals surface area (Å²) in [6.45, 7) is 3.22. The van der Waals surface area contributed by atoms with Crippen LogP contribution in [-0.4, -0.2) is 11.0 Å². The molecule has 1 N–H and O–H groups in total. The molecule has 1 aliphatic rings. The third-order valence-corrected chi connectivity index (χ3v) is 3.26. The second-order valence-corrected chi connectivity index (χ2v) is 4.83. The van der Waals surface area contributed by atoms with E-state index in [9.17, 15) is 0 Å². The molecule has 0 bridgehead atoms. The van der Waals surface area contributed by atoms with E-state index in [0.717, 1.165) is 19.0 Å². The van der Waals surface area contributed by atoms with E-state index in [1.54, 1.807) is 0 Å². The molecule has 0 unspecified atom stereocenters. The lowest BCUT2D eigenvalue weighted by Gasteiger charge is -1.96. The van der Waals surface area contributed by atoms with Gasteiger partial charge in [0.2, 0.25) is 0 Å². The molecule has 1 saturated carbocycles. The topological polar surface area (TPSA) is 24.9 Å². The Morgan fingerprint density at radius 1 is 1.62 bits per heavy atom. The second kappa shape index (κ2) is 4.20. The van der Waals surface area contributed by atoms with Gasteiger partial charge in [0.1, 0.15) is 0 Å². The number of rotatable bonds is 5. The number of nitrogens with zero attached hydrogens (tertiary/aromatic N) is 1. The van der Waals surface area contributed by atoms with Gasteiger partial charge in [0.05, 0.1) is 5.01 Å². The molecule has 0 atom stereocenters. The van der Waals surface area contributed by atoms with Crippen molar-refractivity contribution in [2.24, 2.45) is 0 Å². The maximum atomic E-state index is 4.38. The average molecular weight is 196 g/mol. The van der Waals surface area contributed by atoms with Crippen LogP contribution in [0.3, 0.4) is 0 Å². The first-order valence-electron chi connectivity index (χ1n) is 5.05. The zero-order chi connectivity index (χ0) is 9.10. The Morgan fingerprint density at radius 3 is 3.15 bits per heavy atom. The van der Waals surface area contributed by atoms with Gasteiger partial charge < -0.3 is 5.32 Å². The molecule has 0 radical (unpaired) electrons. The average Bonchev–Trinajstić information content (AvgIpc) is 2.85. The van der Waals surface area contributed by atoms with Gasteiger partial charge in [0.15, 0.2) is 0 Å². The van der Waals surface area contributed by atoms with E-state index in [2.05, 4.69) is 17.2 Å². The minimum Gasteiger partial charge on any atom is -0.309 e. The van der Waals surface area contributed by atoms with E-state index in [1.807, 2.05) is 17.5 Å². The Morgan fingerprint density at radius 2 is 2.46 bits per heavy atom. The first-order valence-corrected chi connectivity index (χ1v) is 5.87. The SMILES string of the molecule is CCCc1ncc(CNC2CC2)s1. The summed E-state index contributed by atoms with van der Waals surface area (Å²) in [4.78, 5) is 5.77. The Balaban J connectivity index is 1.81. The normalized spacial score (nSPS) is 16.4. The van der Waals surface area contributed by atoms with E-state index in [1.165, 1.54) is 29.1 Å². The highest BCUT2D eigenvalue weighted by Gasteiger charge is 2.20. The van der Waals surface area contributed by atoms with Gasteiger partial charge in [-0.1, -0.05) is 6.92 Å². The minimum atomic E-state index is 0.803. The third-order valence-electron chi connectivity index (χ3n) is 2.21. The van der Waals surface area contributed by atoms with Crippen LogP contribution < -0.4 is 5.32 Å². The van der Waals surface area contributed by atoms with Crippen LogP contribution in [0.5, 0.6) is 0 Å². The molecule has 1 aromatic heterocycles. The van der Waals surface area contributed by atoms with Crippen LogP contribution in [0.1, 0.15) is 36.1 Å². The number of nitrogens with one attached hydrogen (secondary N) is 1. The van der Waals surface area contributed by atoms with Crippen LogP contribution in [0.4, 0.5) is 0 Å². The van der Waals surface area contributed by atoms with Gasteiger partial charge >= 0.3 is 0 Å². The maximum absolute atomic E-state index is 4.38. The molecule has 13 heavy (non-hydrogen) atoms. The highest BCUT2D eigenvalue weighted by Crippen LogP contribution is 2.20. The molecule has 3 heteroatoms. The second-order valence-electron chi connectivity index (χ2n) is 3.63. The summed E-state index contributed by atoms with van der Waals surface area (Å²) in [5.74, 6) is 0. The molecule has 2 nitrogen and oxygen atoms in total. The fraction of sp³-hybridized carbons (Fsp3) is 0.700. The zero-order valence-corrected chi connectivity index (χ0v) is 8.86. The lowest BCUT2D eigenvalue weighted by atomic mass is 10.4. The van der Waals surface area contributed by atoms with Gasteiger partial charge in [-0.15, -0.1) is 11.3 Å². The quantitative estimate of drug-likeness (QED) is 0.782. The van der Waals surface area contributed by atoms with Crippen LogP contribution in [0.15, 0.2) is 6.20 Å². The predicted molar refractivity (Wildman–Crippen MR) is 56.0 cm³/mol. The fourth-order valence-corrected chi connectivity index (χ4v) is 2.27. The zero-order valence-electron chi connectivity index (χ0n) is 8.05. The number of thiazole rings is 1. The molecule has 0 amide bonds. The Hall–Kier alpha value is -0.410. The van der Waals surface area contributed by atoms with Crippen molar-refractivity contribution in [3.8, 4) is 0 Å². The van der Waals surface area contributed by atoms with Crippen molar-refractivity contribution in [3.63, 3.8) is 0 Å². The molecule has 0 spiro atoms. The van der Waals surface area contributed by atoms with Crippen molar-refractivity contribution in [1.82, 2.24) is 10.3 Å². The summed E-state index contributed by atoms with van der Waals surface area (Å²) in [6, 6.07) is 0.803. The van der Waals surface area contributed by atoms with Crippen molar-refractivity contribution in [2.75, 3.05) is 0 Å². The molecule has 72 valence electrons. The number of hydrogen-bond donors (Lipinski definition) is 1. The van der Waals surface area contributed by atoms with Crippen molar-refractivity contribution in [3.05, 3.63) is 16.1 Å². The molecular weight excluding hydrogens is 180 g/mol. The maximum Gasteiger partial charge on any atom is 0.0928 e. The fourth-order valence-electron chi connectivity index (χ4n) is 1.29. The minimum absolute atomic E-state index is 0.803. The van der Waals surface area contributed by atoms with Gasteiger partial charge in [0, 0.05) is 23.7 Å². The standard InChI is InChI=1S/C10H16N2S/c1-2-3-10-12-7-9(13-10)6-11-8-4-5-8/h7-8,11H,2-6H2,1H3. The predicted octanol–water partition coefficient (Wildman–Crippen LogP) is 2.35. The Kier molecular flexibility index (Phi) is 2.96. The first-order chi connectivity index (χ1) is 6.38. The molecule has 0 aromatic carbocycles. The lowest BCUT2D eigenvalue weighted by molar-refractivity contribution is 0.694. The molecule has 1 heterocycles. The van der Waals surface area contributed by atoms with Crippen LogP contribution in [0.25, 0.3) is 0 Å². The highest BCUT2D eigenvalue weighted by atomic mass is 32.1. The van der Waals surface area contributed by atoms with Crippen LogP contribution in [-0.2, 0) is 13.0 Å². The van der Waals surface area contributed by atoms with Crippen LogP contribution in [0, 0.1) is 0 Å². The van der Waals surface area contributed by atoms with Crippen molar-refractivity contribution in [1.29, 1.82) is 0 Å². The summed E-state index contributed by atoms with van der Waals surface area (Å²) in [5, 5.41) is 4.79. The summed E-state index contributed by atoms with van der Waals surface area (Å²) >= 11 is 1.85. The molecule has 0 saturated heterocycles. The highest BCUT2D eigenvalue weighted by molar-refractivity contribution is 7.11. The van der Waals surface area contributed by atoms with Crippen molar-refractivity contribution < 1.29 is 0 Å². The molecule has 2 rings (SSSR count). The molecular formula is C10H16N2S. The van der Waals surface area contributed by atoms with Gasteiger partial charge in [-0.25, -0.2) is 4.98 Å². The number of hydrogen-bond acceptors (Lipinski definition) is 3. The van der Waals surface area contributed by atoms with E-state index in [4.69, 9.17) is 0 Å². The Labute approximate surface area is 83.4 Å². The lowest BCUT2D eigenvalue weighted by Crippen LogP contribution is -2.14. The third kappa shape index (κ3) is 2.78. The molecule has 1 aliphatic carbocycles. The van der Waals surface area contributed by atoms with E-state index >= 15 is 0 Å². The van der Waals surface area contributed by atoms with Gasteiger partial charge in [-0.05, 0) is 25.7 Å².